The van der Waals surface area contributed by atoms with Crippen LogP contribution in [0.25, 0.3) is 11.1 Å². The van der Waals surface area contributed by atoms with Crippen LogP contribution in [-0.4, -0.2) is 32.9 Å². The second kappa shape index (κ2) is 11.4. The van der Waals surface area contributed by atoms with Crippen LogP contribution in [0.3, 0.4) is 0 Å². The molecule has 28 heavy (non-hydrogen) atoms. The van der Waals surface area contributed by atoms with Crippen LogP contribution in [0.4, 0.5) is 0 Å². The fourth-order valence-corrected chi connectivity index (χ4v) is 3.19. The van der Waals surface area contributed by atoms with E-state index in [0.717, 1.165) is 48.2 Å². The standard InChI is InChI=1S/C22H28N4OS/c1-5-9-12-16(8-4)21-20(17(10-6-2)11-7-3)24-22(26-25-21)28-15-19(27)23-18-13-14-18/h5-8,10-11,18H,1-2,9,12-15H2,3-4H3,(H,23,27)/b11-7-,16-8+,17-10+. The Labute approximate surface area is 171 Å². The molecular weight excluding hydrogens is 368 g/mol. The number of aromatic nitrogens is 3. The van der Waals surface area contributed by atoms with E-state index in [1.54, 1.807) is 6.08 Å². The van der Waals surface area contributed by atoms with Gasteiger partial charge in [0.2, 0.25) is 11.1 Å². The Morgan fingerprint density at radius 2 is 2.04 bits per heavy atom. The van der Waals surface area contributed by atoms with Crippen molar-refractivity contribution in [3.8, 4) is 0 Å². The number of hydrogen-bond donors (Lipinski definition) is 1. The second-order valence-electron chi connectivity index (χ2n) is 6.42. The Bertz CT molecular complexity index is 807. The highest BCUT2D eigenvalue weighted by atomic mass is 32.2. The predicted molar refractivity (Wildman–Crippen MR) is 118 cm³/mol. The summed E-state index contributed by atoms with van der Waals surface area (Å²) in [5.41, 5.74) is 3.47. The first-order chi connectivity index (χ1) is 13.6. The molecule has 0 atom stereocenters. The van der Waals surface area contributed by atoms with Crippen molar-refractivity contribution in [3.05, 3.63) is 61.0 Å². The second-order valence-corrected chi connectivity index (χ2v) is 7.36. The van der Waals surface area contributed by atoms with Gasteiger partial charge in [0.1, 0.15) is 11.4 Å². The molecule has 1 fully saturated rings. The number of carbonyl (C=O) groups is 1. The van der Waals surface area contributed by atoms with Gasteiger partial charge < -0.3 is 5.32 Å². The minimum atomic E-state index is 0.0113. The van der Waals surface area contributed by atoms with Gasteiger partial charge in [-0.25, -0.2) is 4.98 Å². The largest absolute Gasteiger partial charge is 0.353 e. The van der Waals surface area contributed by atoms with Gasteiger partial charge in [-0.1, -0.05) is 54.8 Å². The van der Waals surface area contributed by atoms with Crippen molar-refractivity contribution in [1.82, 2.24) is 20.5 Å². The number of allylic oxidation sites excluding steroid dienone is 8. The topological polar surface area (TPSA) is 67.8 Å². The van der Waals surface area contributed by atoms with Crippen LogP contribution in [0.2, 0.25) is 0 Å². The van der Waals surface area contributed by atoms with Crippen LogP contribution in [0.5, 0.6) is 0 Å². The van der Waals surface area contributed by atoms with Crippen molar-refractivity contribution in [2.45, 2.75) is 50.7 Å². The molecule has 1 amide bonds. The summed E-state index contributed by atoms with van der Waals surface area (Å²) in [4.78, 5) is 16.7. The van der Waals surface area contributed by atoms with Crippen LogP contribution in [-0.2, 0) is 4.79 Å². The van der Waals surface area contributed by atoms with Crippen molar-refractivity contribution in [2.75, 3.05) is 5.75 Å². The number of thioether (sulfide) groups is 1. The summed E-state index contributed by atoms with van der Waals surface area (Å²) in [7, 11) is 0. The molecular formula is C22H28N4OS. The van der Waals surface area contributed by atoms with Crippen LogP contribution in [0, 0.1) is 0 Å². The lowest BCUT2D eigenvalue weighted by atomic mass is 10.0. The highest BCUT2D eigenvalue weighted by molar-refractivity contribution is 7.99. The molecule has 0 unspecified atom stereocenters. The maximum Gasteiger partial charge on any atom is 0.230 e. The summed E-state index contributed by atoms with van der Waals surface area (Å²) in [5, 5.41) is 12.2. The highest BCUT2D eigenvalue weighted by Crippen LogP contribution is 2.28. The SMILES string of the molecule is C=C/C=C(\C=C/C)c1nc(SCC(=O)NC2CC2)nnc1/C(=C/C)CCC=C. The molecule has 1 aliphatic rings. The Morgan fingerprint density at radius 1 is 1.25 bits per heavy atom. The molecule has 0 saturated heterocycles. The molecule has 0 spiro atoms. The normalized spacial score (nSPS) is 14.9. The van der Waals surface area contributed by atoms with Gasteiger partial charge in [0.25, 0.3) is 0 Å². The summed E-state index contributed by atoms with van der Waals surface area (Å²) in [6, 6.07) is 0.351. The number of hydrogen-bond acceptors (Lipinski definition) is 5. The maximum absolute atomic E-state index is 12.0. The summed E-state index contributed by atoms with van der Waals surface area (Å²) in [6.45, 7) is 11.6. The predicted octanol–water partition coefficient (Wildman–Crippen LogP) is 4.76. The molecule has 1 N–H and O–H groups in total. The van der Waals surface area contributed by atoms with Crippen molar-refractivity contribution < 1.29 is 4.79 Å². The number of nitrogens with one attached hydrogen (secondary N) is 1. The average Bonchev–Trinajstić information content (AvgIpc) is 3.51. The third kappa shape index (κ3) is 6.60. The van der Waals surface area contributed by atoms with Gasteiger partial charge in [-0.3, -0.25) is 4.79 Å². The first-order valence-electron chi connectivity index (χ1n) is 9.52. The van der Waals surface area contributed by atoms with E-state index in [9.17, 15) is 4.79 Å². The lowest BCUT2D eigenvalue weighted by molar-refractivity contribution is -0.118. The third-order valence-corrected chi connectivity index (χ3v) is 4.97. The van der Waals surface area contributed by atoms with Gasteiger partial charge in [-0.2, -0.15) is 0 Å². The zero-order valence-electron chi connectivity index (χ0n) is 16.6. The zero-order valence-corrected chi connectivity index (χ0v) is 17.5. The fourth-order valence-electron chi connectivity index (χ4n) is 2.59. The maximum atomic E-state index is 12.0. The van der Waals surface area contributed by atoms with Crippen molar-refractivity contribution in [3.63, 3.8) is 0 Å². The Kier molecular flexibility index (Phi) is 8.88. The van der Waals surface area contributed by atoms with E-state index in [2.05, 4.69) is 28.7 Å². The molecule has 1 aromatic heterocycles. The van der Waals surface area contributed by atoms with Crippen molar-refractivity contribution >= 4 is 28.8 Å². The van der Waals surface area contributed by atoms with E-state index >= 15 is 0 Å². The van der Waals surface area contributed by atoms with Crippen molar-refractivity contribution in [1.29, 1.82) is 0 Å². The molecule has 0 bridgehead atoms. The monoisotopic (exact) mass is 396 g/mol. The van der Waals surface area contributed by atoms with Gasteiger partial charge in [0.05, 0.1) is 5.75 Å². The highest BCUT2D eigenvalue weighted by Gasteiger charge is 2.23. The number of carbonyl (C=O) groups excluding carboxylic acids is 1. The van der Waals surface area contributed by atoms with Crippen LogP contribution >= 0.6 is 11.8 Å². The summed E-state index contributed by atoms with van der Waals surface area (Å²) in [6.07, 6.45) is 15.3. The van der Waals surface area contributed by atoms with Crippen LogP contribution < -0.4 is 5.32 Å². The fraction of sp³-hybridized carbons (Fsp3) is 0.364. The van der Waals surface area contributed by atoms with E-state index < -0.39 is 0 Å². The minimum absolute atomic E-state index is 0.0113. The number of amides is 1. The van der Waals surface area contributed by atoms with Crippen LogP contribution in [0.1, 0.15) is 50.9 Å². The zero-order chi connectivity index (χ0) is 20.4. The molecule has 0 radical (unpaired) electrons. The lowest BCUT2D eigenvalue weighted by Crippen LogP contribution is -2.27. The summed E-state index contributed by atoms with van der Waals surface area (Å²) < 4.78 is 0. The first kappa shape index (κ1) is 21.8. The van der Waals surface area contributed by atoms with E-state index in [0.29, 0.717) is 11.2 Å². The molecule has 5 nitrogen and oxygen atoms in total. The number of nitrogens with zero attached hydrogens (tertiary/aromatic N) is 3. The van der Waals surface area contributed by atoms with Gasteiger partial charge in [0, 0.05) is 11.6 Å². The smallest absolute Gasteiger partial charge is 0.230 e. The van der Waals surface area contributed by atoms with Crippen molar-refractivity contribution in [2.24, 2.45) is 0 Å². The third-order valence-electron chi connectivity index (χ3n) is 4.13. The summed E-state index contributed by atoms with van der Waals surface area (Å²) >= 11 is 1.30. The summed E-state index contributed by atoms with van der Waals surface area (Å²) in [5.74, 6) is 0.297. The molecule has 0 aromatic carbocycles. The van der Waals surface area contributed by atoms with Gasteiger partial charge in [-0.05, 0) is 45.1 Å². The van der Waals surface area contributed by atoms with Gasteiger partial charge in [-0.15, -0.1) is 16.8 Å². The Balaban J connectivity index is 2.32. The molecule has 1 aromatic rings. The molecule has 148 valence electrons. The molecule has 0 aliphatic heterocycles. The minimum Gasteiger partial charge on any atom is -0.353 e. The first-order valence-corrected chi connectivity index (χ1v) is 10.5. The van der Waals surface area contributed by atoms with E-state index in [1.807, 2.05) is 44.2 Å². The molecule has 1 aliphatic carbocycles. The molecule has 6 heteroatoms. The van der Waals surface area contributed by atoms with Gasteiger partial charge in [0.15, 0.2) is 0 Å². The quantitative estimate of drug-likeness (QED) is 0.332. The molecule has 1 saturated carbocycles. The molecule has 1 heterocycles. The van der Waals surface area contributed by atoms with Gasteiger partial charge >= 0.3 is 0 Å². The van der Waals surface area contributed by atoms with E-state index in [1.165, 1.54) is 11.8 Å². The van der Waals surface area contributed by atoms with E-state index in [4.69, 9.17) is 4.98 Å². The lowest BCUT2D eigenvalue weighted by Gasteiger charge is -2.12. The Morgan fingerprint density at radius 3 is 2.64 bits per heavy atom. The van der Waals surface area contributed by atoms with Crippen LogP contribution in [0.15, 0.2) is 54.8 Å². The molecule has 2 rings (SSSR count). The number of rotatable bonds is 11. The Hall–Kier alpha value is -2.47. The average molecular weight is 397 g/mol. The van der Waals surface area contributed by atoms with E-state index in [-0.39, 0.29) is 11.7 Å².